The van der Waals surface area contributed by atoms with E-state index in [9.17, 15) is 14.9 Å². The third-order valence-corrected chi connectivity index (χ3v) is 4.70. The fraction of sp³-hybridized carbons (Fsp3) is 0.412. The number of fused-ring (bicyclic) bond motifs is 1. The van der Waals surface area contributed by atoms with Crippen molar-refractivity contribution in [3.05, 3.63) is 40.9 Å². The zero-order chi connectivity index (χ0) is 16.4. The molecule has 1 aromatic heterocycles. The lowest BCUT2D eigenvalue weighted by atomic mass is 9.76. The Kier molecular flexibility index (Phi) is 3.87. The van der Waals surface area contributed by atoms with Crippen LogP contribution in [0.25, 0.3) is 10.9 Å². The zero-order valence-electron chi connectivity index (χ0n) is 13.0. The Bertz CT molecular complexity index is 846. The van der Waals surface area contributed by atoms with Crippen LogP contribution >= 0.6 is 0 Å². The van der Waals surface area contributed by atoms with E-state index in [-0.39, 0.29) is 24.4 Å². The second kappa shape index (κ2) is 5.84. The first-order valence-corrected chi connectivity index (χ1v) is 7.69. The van der Waals surface area contributed by atoms with Gasteiger partial charge in [0.05, 0.1) is 23.3 Å². The number of nitrogens with zero attached hydrogens (tertiary/aromatic N) is 4. The van der Waals surface area contributed by atoms with Crippen molar-refractivity contribution < 1.29 is 4.79 Å². The number of aromatic nitrogens is 2. The van der Waals surface area contributed by atoms with E-state index in [4.69, 9.17) is 0 Å². The number of nitriles is 1. The molecule has 0 N–H and O–H groups in total. The van der Waals surface area contributed by atoms with Crippen molar-refractivity contribution in [2.75, 3.05) is 7.05 Å². The molecule has 0 unspecified atom stereocenters. The molecule has 1 saturated carbocycles. The molecule has 0 radical (unpaired) electrons. The van der Waals surface area contributed by atoms with Gasteiger partial charge in [0.15, 0.2) is 0 Å². The van der Waals surface area contributed by atoms with Crippen LogP contribution in [0.3, 0.4) is 0 Å². The number of carbonyl (C=O) groups excluding carboxylic acids is 1. The van der Waals surface area contributed by atoms with Gasteiger partial charge in [-0.3, -0.25) is 14.2 Å². The molecule has 0 spiro atoms. The zero-order valence-corrected chi connectivity index (χ0v) is 13.0. The van der Waals surface area contributed by atoms with Crippen LogP contribution in [-0.2, 0) is 11.3 Å². The summed E-state index contributed by atoms with van der Waals surface area (Å²) in [4.78, 5) is 30.5. The first-order valence-electron chi connectivity index (χ1n) is 7.69. The van der Waals surface area contributed by atoms with Crippen LogP contribution in [0.1, 0.15) is 25.7 Å². The average Bonchev–Trinajstić information content (AvgIpc) is 2.53. The van der Waals surface area contributed by atoms with Crippen LogP contribution < -0.4 is 5.56 Å². The second-order valence-corrected chi connectivity index (χ2v) is 5.96. The highest BCUT2D eigenvalue weighted by atomic mass is 16.2. The number of hydrogen-bond acceptors (Lipinski definition) is 4. The standard InChI is InChI=1S/C17H18N4O2/c1-20(17(11-18)8-4-9-17)15(22)7-10-21-12-19-14-6-3-2-5-13(14)16(21)23/h2-3,5-6,12H,4,7-10H2,1H3. The maximum absolute atomic E-state index is 12.4. The molecule has 118 valence electrons. The summed E-state index contributed by atoms with van der Waals surface area (Å²) in [6, 6.07) is 9.39. The van der Waals surface area contributed by atoms with Crippen molar-refractivity contribution in [2.24, 2.45) is 0 Å². The molecule has 23 heavy (non-hydrogen) atoms. The van der Waals surface area contributed by atoms with E-state index < -0.39 is 5.54 Å². The predicted octanol–water partition coefficient (Wildman–Crippen LogP) is 1.69. The second-order valence-electron chi connectivity index (χ2n) is 5.96. The Morgan fingerprint density at radius 1 is 1.43 bits per heavy atom. The quantitative estimate of drug-likeness (QED) is 0.861. The van der Waals surface area contributed by atoms with E-state index in [1.54, 1.807) is 25.2 Å². The van der Waals surface area contributed by atoms with Gasteiger partial charge < -0.3 is 4.90 Å². The fourth-order valence-electron chi connectivity index (χ4n) is 2.92. The summed E-state index contributed by atoms with van der Waals surface area (Å²) in [5.74, 6) is -0.119. The molecule has 1 amide bonds. The Labute approximate surface area is 134 Å². The smallest absolute Gasteiger partial charge is 0.261 e. The summed E-state index contributed by atoms with van der Waals surface area (Å²) in [6.45, 7) is 0.265. The van der Waals surface area contributed by atoms with Crippen LogP contribution in [-0.4, -0.2) is 32.9 Å². The molecule has 3 rings (SSSR count). The molecule has 1 fully saturated rings. The van der Waals surface area contributed by atoms with Gasteiger partial charge >= 0.3 is 0 Å². The summed E-state index contributed by atoms with van der Waals surface area (Å²) in [7, 11) is 1.67. The Morgan fingerprint density at radius 3 is 2.83 bits per heavy atom. The SMILES string of the molecule is CN(C(=O)CCn1cnc2ccccc2c1=O)C1(C#N)CCC1. The lowest BCUT2D eigenvalue weighted by Crippen LogP contribution is -2.53. The van der Waals surface area contributed by atoms with E-state index in [0.29, 0.717) is 10.9 Å². The van der Waals surface area contributed by atoms with Crippen LogP contribution in [0.2, 0.25) is 0 Å². The third-order valence-electron chi connectivity index (χ3n) is 4.70. The first-order chi connectivity index (χ1) is 11.1. The molecule has 1 heterocycles. The van der Waals surface area contributed by atoms with Crippen molar-refractivity contribution in [1.29, 1.82) is 5.26 Å². The van der Waals surface area contributed by atoms with Crippen LogP contribution in [0.4, 0.5) is 0 Å². The van der Waals surface area contributed by atoms with Gasteiger partial charge in [0.1, 0.15) is 5.54 Å². The maximum Gasteiger partial charge on any atom is 0.261 e. The topological polar surface area (TPSA) is 79.0 Å². The van der Waals surface area contributed by atoms with Gasteiger partial charge in [0.2, 0.25) is 5.91 Å². The van der Waals surface area contributed by atoms with Crippen LogP contribution in [0.15, 0.2) is 35.4 Å². The summed E-state index contributed by atoms with van der Waals surface area (Å²) in [5.41, 5.74) is -0.149. The number of amides is 1. The highest BCUT2D eigenvalue weighted by Crippen LogP contribution is 2.36. The average molecular weight is 310 g/mol. The number of benzene rings is 1. The molecule has 6 heteroatoms. The van der Waals surface area contributed by atoms with E-state index in [1.807, 2.05) is 6.07 Å². The number of para-hydroxylation sites is 1. The molecule has 1 aliphatic carbocycles. The molecule has 1 aliphatic rings. The van der Waals surface area contributed by atoms with Gasteiger partial charge in [-0.05, 0) is 31.4 Å². The monoisotopic (exact) mass is 310 g/mol. The summed E-state index contributed by atoms with van der Waals surface area (Å²) in [5, 5.41) is 9.84. The number of aryl methyl sites for hydroxylation is 1. The Morgan fingerprint density at radius 2 is 2.17 bits per heavy atom. The molecule has 0 saturated heterocycles. The number of carbonyl (C=O) groups is 1. The number of hydrogen-bond donors (Lipinski definition) is 0. The molecule has 2 aromatic rings. The maximum atomic E-state index is 12.4. The molecule has 1 aromatic carbocycles. The normalized spacial score (nSPS) is 15.7. The van der Waals surface area contributed by atoms with E-state index in [0.717, 1.165) is 19.3 Å². The van der Waals surface area contributed by atoms with Crippen molar-refractivity contribution in [2.45, 2.75) is 37.8 Å². The lowest BCUT2D eigenvalue weighted by molar-refractivity contribution is -0.136. The fourth-order valence-corrected chi connectivity index (χ4v) is 2.92. The van der Waals surface area contributed by atoms with E-state index in [1.165, 1.54) is 15.8 Å². The number of rotatable bonds is 4. The minimum Gasteiger partial charge on any atom is -0.327 e. The summed E-state index contributed by atoms with van der Waals surface area (Å²) < 4.78 is 1.45. The van der Waals surface area contributed by atoms with Gasteiger partial charge in [-0.1, -0.05) is 12.1 Å². The van der Waals surface area contributed by atoms with Crippen LogP contribution in [0.5, 0.6) is 0 Å². The minimum absolute atomic E-state index is 0.119. The summed E-state index contributed by atoms with van der Waals surface area (Å²) in [6.07, 6.45) is 4.08. The Balaban J connectivity index is 1.74. The van der Waals surface area contributed by atoms with Gasteiger partial charge in [0, 0.05) is 20.0 Å². The van der Waals surface area contributed by atoms with Crippen LogP contribution in [0, 0.1) is 11.3 Å². The molecule has 6 nitrogen and oxygen atoms in total. The van der Waals surface area contributed by atoms with Gasteiger partial charge in [-0.2, -0.15) is 5.26 Å². The Hall–Kier alpha value is -2.68. The third kappa shape index (κ3) is 2.59. The van der Waals surface area contributed by atoms with Gasteiger partial charge in [-0.25, -0.2) is 4.98 Å². The lowest BCUT2D eigenvalue weighted by Gasteiger charge is -2.43. The minimum atomic E-state index is -0.649. The molecular weight excluding hydrogens is 292 g/mol. The van der Waals surface area contributed by atoms with Crippen molar-refractivity contribution in [1.82, 2.24) is 14.5 Å². The highest BCUT2D eigenvalue weighted by Gasteiger charge is 2.43. The van der Waals surface area contributed by atoms with Crippen molar-refractivity contribution in [3.8, 4) is 6.07 Å². The van der Waals surface area contributed by atoms with Gasteiger partial charge in [-0.15, -0.1) is 0 Å². The van der Waals surface area contributed by atoms with E-state index in [2.05, 4.69) is 11.1 Å². The van der Waals surface area contributed by atoms with Crippen molar-refractivity contribution in [3.63, 3.8) is 0 Å². The largest absolute Gasteiger partial charge is 0.327 e. The van der Waals surface area contributed by atoms with Crippen molar-refractivity contribution >= 4 is 16.8 Å². The molecular formula is C17H18N4O2. The molecule has 0 aliphatic heterocycles. The van der Waals surface area contributed by atoms with E-state index >= 15 is 0 Å². The molecule has 0 atom stereocenters. The first kappa shape index (κ1) is 15.2. The summed E-state index contributed by atoms with van der Waals surface area (Å²) >= 11 is 0. The predicted molar refractivity (Wildman–Crippen MR) is 85.6 cm³/mol. The highest BCUT2D eigenvalue weighted by molar-refractivity contribution is 5.78. The van der Waals surface area contributed by atoms with Gasteiger partial charge in [0.25, 0.3) is 5.56 Å². The molecule has 0 bridgehead atoms.